The maximum atomic E-state index is 12.1. The van der Waals surface area contributed by atoms with Gasteiger partial charge in [0.1, 0.15) is 0 Å². The minimum absolute atomic E-state index is 0.0402. The molecule has 120 valence electrons. The van der Waals surface area contributed by atoms with Crippen LogP contribution in [0.2, 0.25) is 0 Å². The topological polar surface area (TPSA) is 66.4 Å². The van der Waals surface area contributed by atoms with Crippen LogP contribution in [0, 0.1) is 6.92 Å². The van der Waals surface area contributed by atoms with Gasteiger partial charge in [-0.25, -0.2) is 0 Å². The minimum Gasteiger partial charge on any atom is -0.481 e. The molecule has 1 unspecified atom stereocenters. The third kappa shape index (κ3) is 5.25. The Kier molecular flexibility index (Phi) is 5.92. The van der Waals surface area contributed by atoms with E-state index in [0.717, 1.165) is 11.1 Å². The number of carbonyl (C=O) groups excluding carboxylic acids is 1. The van der Waals surface area contributed by atoms with Crippen molar-refractivity contribution in [2.75, 3.05) is 6.54 Å². The summed E-state index contributed by atoms with van der Waals surface area (Å²) >= 11 is 0. The van der Waals surface area contributed by atoms with Crippen molar-refractivity contribution in [3.05, 3.63) is 71.3 Å². The van der Waals surface area contributed by atoms with Crippen molar-refractivity contribution >= 4 is 11.9 Å². The number of aryl methyl sites for hydroxylation is 1. The van der Waals surface area contributed by atoms with Crippen LogP contribution in [0.3, 0.4) is 0 Å². The second kappa shape index (κ2) is 8.13. The van der Waals surface area contributed by atoms with Crippen molar-refractivity contribution in [1.29, 1.82) is 0 Å². The molecule has 0 spiro atoms. The molecule has 1 atom stereocenters. The fourth-order valence-corrected chi connectivity index (χ4v) is 2.48. The summed E-state index contributed by atoms with van der Waals surface area (Å²) in [5.74, 6) is -1.09. The molecular weight excluding hydrogens is 290 g/mol. The first-order valence-electron chi connectivity index (χ1n) is 7.66. The zero-order valence-electron chi connectivity index (χ0n) is 13.2. The summed E-state index contributed by atoms with van der Waals surface area (Å²) < 4.78 is 0. The minimum atomic E-state index is -0.913. The number of carboxylic acid groups (broad SMARTS) is 1. The highest BCUT2D eigenvalue weighted by Gasteiger charge is 2.18. The van der Waals surface area contributed by atoms with Crippen molar-refractivity contribution in [3.63, 3.8) is 0 Å². The summed E-state index contributed by atoms with van der Waals surface area (Å²) in [4.78, 5) is 22.7. The maximum Gasteiger partial charge on any atom is 0.305 e. The first-order chi connectivity index (χ1) is 11.1. The van der Waals surface area contributed by atoms with Crippen molar-refractivity contribution in [2.45, 2.75) is 25.7 Å². The Balaban J connectivity index is 2.13. The average Bonchev–Trinajstić information content (AvgIpc) is 2.54. The van der Waals surface area contributed by atoms with Gasteiger partial charge in [-0.15, -0.1) is 0 Å². The smallest absolute Gasteiger partial charge is 0.305 e. The van der Waals surface area contributed by atoms with Crippen LogP contribution in [-0.4, -0.2) is 23.5 Å². The summed E-state index contributed by atoms with van der Waals surface area (Å²) in [6.07, 6.45) is 0.235. The zero-order chi connectivity index (χ0) is 16.7. The van der Waals surface area contributed by atoms with Gasteiger partial charge >= 0.3 is 5.97 Å². The summed E-state index contributed by atoms with van der Waals surface area (Å²) in [6.45, 7) is 2.18. The molecular formula is C19H21NO3. The number of carboxylic acids is 1. The van der Waals surface area contributed by atoms with Crippen molar-refractivity contribution in [2.24, 2.45) is 0 Å². The summed E-state index contributed by atoms with van der Waals surface area (Å²) in [6, 6.07) is 18.0. The van der Waals surface area contributed by atoms with Gasteiger partial charge in [-0.05, 0) is 18.1 Å². The highest BCUT2D eigenvalue weighted by Crippen LogP contribution is 2.28. The van der Waals surface area contributed by atoms with Gasteiger partial charge < -0.3 is 10.4 Å². The van der Waals surface area contributed by atoms with Gasteiger partial charge in [0.15, 0.2) is 0 Å². The predicted octanol–water partition coefficient (Wildman–Crippen LogP) is 3.11. The average molecular weight is 311 g/mol. The number of nitrogens with one attached hydrogen (secondary N) is 1. The first kappa shape index (κ1) is 16.7. The third-order valence-electron chi connectivity index (χ3n) is 3.73. The molecule has 0 saturated carbocycles. The van der Waals surface area contributed by atoms with Crippen LogP contribution in [0.4, 0.5) is 0 Å². The van der Waals surface area contributed by atoms with E-state index in [1.54, 1.807) is 0 Å². The van der Waals surface area contributed by atoms with Crippen molar-refractivity contribution in [1.82, 2.24) is 5.32 Å². The summed E-state index contributed by atoms with van der Waals surface area (Å²) in [5.41, 5.74) is 3.33. The van der Waals surface area contributed by atoms with E-state index in [0.29, 0.717) is 6.42 Å². The number of rotatable bonds is 7. The number of hydrogen-bond acceptors (Lipinski definition) is 2. The fraction of sp³-hybridized carbons (Fsp3) is 0.263. The van der Waals surface area contributed by atoms with E-state index in [-0.39, 0.29) is 24.8 Å². The third-order valence-corrected chi connectivity index (χ3v) is 3.73. The molecule has 4 heteroatoms. The Bertz CT molecular complexity index is 650. The lowest BCUT2D eigenvalue weighted by molar-refractivity contribution is -0.136. The predicted molar refractivity (Wildman–Crippen MR) is 89.3 cm³/mol. The molecule has 2 N–H and O–H groups in total. The molecule has 0 aliphatic carbocycles. The highest BCUT2D eigenvalue weighted by molar-refractivity contribution is 5.78. The van der Waals surface area contributed by atoms with Crippen LogP contribution in [0.15, 0.2) is 54.6 Å². The molecule has 0 bridgehead atoms. The maximum absolute atomic E-state index is 12.1. The first-order valence-corrected chi connectivity index (χ1v) is 7.66. The monoisotopic (exact) mass is 311 g/mol. The van der Waals surface area contributed by atoms with Crippen LogP contribution in [0.25, 0.3) is 0 Å². The molecule has 0 radical (unpaired) electrons. The van der Waals surface area contributed by atoms with Crippen molar-refractivity contribution < 1.29 is 14.7 Å². The van der Waals surface area contributed by atoms with Crippen LogP contribution in [-0.2, 0) is 9.59 Å². The zero-order valence-corrected chi connectivity index (χ0v) is 13.2. The summed E-state index contributed by atoms with van der Waals surface area (Å²) in [7, 11) is 0. The molecule has 0 saturated heterocycles. The van der Waals surface area contributed by atoms with E-state index in [2.05, 4.69) is 5.32 Å². The van der Waals surface area contributed by atoms with Crippen LogP contribution < -0.4 is 5.32 Å². The number of hydrogen-bond donors (Lipinski definition) is 2. The van der Waals surface area contributed by atoms with E-state index in [1.807, 2.05) is 61.5 Å². The molecule has 4 nitrogen and oxygen atoms in total. The Morgan fingerprint density at radius 2 is 1.61 bits per heavy atom. The van der Waals surface area contributed by atoms with Gasteiger partial charge in [-0.1, -0.05) is 60.2 Å². The fourth-order valence-electron chi connectivity index (χ4n) is 2.48. The van der Waals surface area contributed by atoms with E-state index in [9.17, 15) is 9.59 Å². The molecule has 0 heterocycles. The molecule has 2 aromatic carbocycles. The van der Waals surface area contributed by atoms with E-state index >= 15 is 0 Å². The SMILES string of the molecule is Cc1ccc(C(CC(=O)NCCC(=O)O)c2ccccc2)cc1. The Morgan fingerprint density at radius 1 is 1.00 bits per heavy atom. The van der Waals surface area contributed by atoms with Gasteiger partial charge in [-0.3, -0.25) is 9.59 Å². The van der Waals surface area contributed by atoms with Crippen LogP contribution >= 0.6 is 0 Å². The van der Waals surface area contributed by atoms with Gasteiger partial charge in [0.2, 0.25) is 5.91 Å². The van der Waals surface area contributed by atoms with E-state index in [4.69, 9.17) is 5.11 Å². The lowest BCUT2D eigenvalue weighted by Crippen LogP contribution is -2.27. The molecule has 23 heavy (non-hydrogen) atoms. The summed E-state index contributed by atoms with van der Waals surface area (Å²) in [5, 5.41) is 11.3. The van der Waals surface area contributed by atoms with E-state index < -0.39 is 5.97 Å². The molecule has 0 aliphatic heterocycles. The lowest BCUT2D eigenvalue weighted by atomic mass is 9.88. The number of benzene rings is 2. The van der Waals surface area contributed by atoms with E-state index in [1.165, 1.54) is 5.56 Å². The highest BCUT2D eigenvalue weighted by atomic mass is 16.4. The van der Waals surface area contributed by atoms with Gasteiger partial charge in [0.05, 0.1) is 6.42 Å². The molecule has 0 fully saturated rings. The largest absolute Gasteiger partial charge is 0.481 e. The Labute approximate surface area is 136 Å². The molecule has 0 aliphatic rings. The van der Waals surface area contributed by atoms with Crippen LogP contribution in [0.1, 0.15) is 35.4 Å². The number of amides is 1. The molecule has 2 rings (SSSR count). The molecule has 1 amide bonds. The number of aliphatic carboxylic acids is 1. The lowest BCUT2D eigenvalue weighted by Gasteiger charge is -2.18. The number of carbonyl (C=O) groups is 2. The standard InChI is InChI=1S/C19H21NO3/c1-14-7-9-16(10-8-14)17(15-5-3-2-4-6-15)13-18(21)20-12-11-19(22)23/h2-10,17H,11-13H2,1H3,(H,20,21)(H,22,23). The van der Waals surface area contributed by atoms with Gasteiger partial charge in [0, 0.05) is 18.9 Å². The van der Waals surface area contributed by atoms with Crippen LogP contribution in [0.5, 0.6) is 0 Å². The Hall–Kier alpha value is -2.62. The van der Waals surface area contributed by atoms with Crippen molar-refractivity contribution in [3.8, 4) is 0 Å². The molecule has 0 aromatic heterocycles. The quantitative estimate of drug-likeness (QED) is 0.825. The molecule has 2 aromatic rings. The second-order valence-corrected chi connectivity index (χ2v) is 5.57. The Morgan fingerprint density at radius 3 is 2.22 bits per heavy atom. The second-order valence-electron chi connectivity index (χ2n) is 5.57. The normalized spacial score (nSPS) is 11.7. The van der Waals surface area contributed by atoms with Gasteiger partial charge in [0.25, 0.3) is 0 Å². The van der Waals surface area contributed by atoms with Gasteiger partial charge in [-0.2, -0.15) is 0 Å².